The van der Waals surface area contributed by atoms with Gasteiger partial charge >= 0.3 is 23.9 Å². The smallest absolute Gasteiger partial charge is 0.352 e. The molecule has 0 radical (unpaired) electrons. The van der Waals surface area contributed by atoms with E-state index in [1.165, 1.54) is 24.3 Å². The highest BCUT2D eigenvalue weighted by Crippen LogP contribution is 2.19. The Bertz CT molecular complexity index is 1050. The number of benzene rings is 2. The van der Waals surface area contributed by atoms with Crippen molar-refractivity contribution in [2.45, 2.75) is 39.1 Å². The molecule has 0 aromatic heterocycles. The molecule has 9 heteroatoms. The number of ether oxygens (including phenoxy) is 3. The highest BCUT2D eigenvalue weighted by Gasteiger charge is 2.43. The number of esters is 3. The van der Waals surface area contributed by atoms with Crippen LogP contribution in [0.1, 0.15) is 38.8 Å². The summed E-state index contributed by atoms with van der Waals surface area (Å²) in [6.45, 7) is 6.49. The molecule has 9 nitrogen and oxygen atoms in total. The fraction of sp³-hybridized carbons (Fsp3) is 0.360. The molecular formula is C25H27NO8. The van der Waals surface area contributed by atoms with Crippen molar-refractivity contribution in [3.05, 3.63) is 70.8 Å². The summed E-state index contributed by atoms with van der Waals surface area (Å²) < 4.78 is 15.8. The van der Waals surface area contributed by atoms with Gasteiger partial charge in [-0.05, 0) is 38.1 Å². The minimum absolute atomic E-state index is 0.0317. The van der Waals surface area contributed by atoms with E-state index in [2.05, 4.69) is 5.32 Å². The van der Waals surface area contributed by atoms with Crippen molar-refractivity contribution in [3.8, 4) is 0 Å². The molecular weight excluding hydrogens is 442 g/mol. The summed E-state index contributed by atoms with van der Waals surface area (Å²) in [5.74, 6) is -4.72. The molecule has 3 rings (SSSR count). The summed E-state index contributed by atoms with van der Waals surface area (Å²) in [6.07, 6.45) is -4.66. The first-order valence-electron chi connectivity index (χ1n) is 10.8. The third kappa shape index (κ3) is 6.20. The van der Waals surface area contributed by atoms with Crippen molar-refractivity contribution in [2.75, 3.05) is 13.1 Å². The van der Waals surface area contributed by atoms with Crippen LogP contribution in [0.25, 0.3) is 0 Å². The van der Waals surface area contributed by atoms with Crippen molar-refractivity contribution in [3.63, 3.8) is 0 Å². The SMILES string of the molecule is Cc1ccc(C(=O)O[C@H](C(=O)O)[C@H](OC(=O)c2ccc(C)cc2)C(=O)O[C@@H]2CNC[C@H]2C)cc1. The summed E-state index contributed by atoms with van der Waals surface area (Å²) in [6, 6.07) is 12.5. The first-order chi connectivity index (χ1) is 16.2. The van der Waals surface area contributed by atoms with E-state index in [1.54, 1.807) is 24.3 Å². The molecule has 180 valence electrons. The molecule has 1 heterocycles. The number of hydrogen-bond donors (Lipinski definition) is 2. The number of carbonyl (C=O) groups is 4. The number of rotatable bonds is 8. The highest BCUT2D eigenvalue weighted by atomic mass is 16.6. The van der Waals surface area contributed by atoms with Gasteiger partial charge in [-0.25, -0.2) is 19.2 Å². The predicted octanol–water partition coefficient (Wildman–Crippen LogP) is 2.29. The second-order valence-corrected chi connectivity index (χ2v) is 8.33. The lowest BCUT2D eigenvalue weighted by Crippen LogP contribution is -2.48. The lowest BCUT2D eigenvalue weighted by atomic mass is 10.1. The first kappa shape index (κ1) is 24.9. The minimum Gasteiger partial charge on any atom is -0.478 e. The first-order valence-corrected chi connectivity index (χ1v) is 10.8. The molecule has 0 aliphatic carbocycles. The van der Waals surface area contributed by atoms with Crippen LogP contribution in [0.15, 0.2) is 48.5 Å². The standard InChI is InChI=1S/C25H27NO8/c1-14-4-8-17(9-5-14)23(29)33-20(22(27)28)21(25(31)32-19-13-26-12-16(19)3)34-24(30)18-10-6-15(2)7-11-18/h4-11,16,19-21,26H,12-13H2,1-3H3,(H,27,28)/t16-,19-,20+,21+/m1/s1. The molecule has 0 spiro atoms. The Morgan fingerprint density at radius 3 is 1.71 bits per heavy atom. The van der Waals surface area contributed by atoms with Gasteiger partial charge in [0.15, 0.2) is 0 Å². The summed E-state index contributed by atoms with van der Waals surface area (Å²) in [5, 5.41) is 12.8. The van der Waals surface area contributed by atoms with E-state index in [-0.39, 0.29) is 17.0 Å². The molecule has 1 aliphatic heterocycles. The maximum atomic E-state index is 13.0. The monoisotopic (exact) mass is 469 g/mol. The Morgan fingerprint density at radius 2 is 1.29 bits per heavy atom. The van der Waals surface area contributed by atoms with Crippen molar-refractivity contribution >= 4 is 23.9 Å². The summed E-state index contributed by atoms with van der Waals surface area (Å²) in [5.41, 5.74) is 1.97. The second-order valence-electron chi connectivity index (χ2n) is 8.33. The van der Waals surface area contributed by atoms with Gasteiger partial charge in [-0.2, -0.15) is 0 Å². The fourth-order valence-corrected chi connectivity index (χ4v) is 3.38. The molecule has 2 aromatic carbocycles. The van der Waals surface area contributed by atoms with Crippen molar-refractivity contribution in [1.29, 1.82) is 0 Å². The van der Waals surface area contributed by atoms with E-state index in [9.17, 15) is 24.3 Å². The lowest BCUT2D eigenvalue weighted by molar-refractivity contribution is -0.174. The van der Waals surface area contributed by atoms with Gasteiger partial charge in [0.05, 0.1) is 11.1 Å². The van der Waals surface area contributed by atoms with Crippen LogP contribution in [0, 0.1) is 19.8 Å². The maximum Gasteiger partial charge on any atom is 0.352 e. The second kappa shape index (κ2) is 10.9. The van der Waals surface area contributed by atoms with Crippen LogP contribution in [0.4, 0.5) is 0 Å². The van der Waals surface area contributed by atoms with Gasteiger partial charge in [0.1, 0.15) is 6.10 Å². The van der Waals surface area contributed by atoms with Gasteiger partial charge in [0.25, 0.3) is 0 Å². The zero-order chi connectivity index (χ0) is 24.8. The van der Waals surface area contributed by atoms with Crippen molar-refractivity contribution in [2.24, 2.45) is 5.92 Å². The minimum atomic E-state index is -2.11. The summed E-state index contributed by atoms with van der Waals surface area (Å²) >= 11 is 0. The number of aliphatic carboxylic acids is 1. The van der Waals surface area contributed by atoms with Gasteiger partial charge < -0.3 is 24.6 Å². The Labute approximate surface area is 197 Å². The van der Waals surface area contributed by atoms with Crippen molar-refractivity contribution in [1.82, 2.24) is 5.32 Å². The van der Waals surface area contributed by atoms with Gasteiger partial charge in [-0.3, -0.25) is 0 Å². The van der Waals surface area contributed by atoms with Crippen LogP contribution in [-0.4, -0.2) is 60.4 Å². The zero-order valence-corrected chi connectivity index (χ0v) is 19.1. The Morgan fingerprint density at radius 1 is 0.824 bits per heavy atom. The average molecular weight is 469 g/mol. The maximum absolute atomic E-state index is 13.0. The number of hydrogen-bond acceptors (Lipinski definition) is 8. The number of carboxylic acids is 1. The van der Waals surface area contributed by atoms with E-state index in [0.29, 0.717) is 13.1 Å². The van der Waals surface area contributed by atoms with E-state index in [0.717, 1.165) is 11.1 Å². The van der Waals surface area contributed by atoms with Gasteiger partial charge in [0, 0.05) is 19.0 Å². The van der Waals surface area contributed by atoms with E-state index < -0.39 is 42.2 Å². The summed E-state index contributed by atoms with van der Waals surface area (Å²) in [7, 11) is 0. The van der Waals surface area contributed by atoms with Crippen LogP contribution >= 0.6 is 0 Å². The molecule has 4 atom stereocenters. The molecule has 0 saturated carbocycles. The average Bonchev–Trinajstić information content (AvgIpc) is 3.20. The number of carboxylic acid groups (broad SMARTS) is 1. The zero-order valence-electron chi connectivity index (χ0n) is 19.1. The van der Waals surface area contributed by atoms with Crippen LogP contribution in [0.5, 0.6) is 0 Å². The normalized spacial score (nSPS) is 19.0. The van der Waals surface area contributed by atoms with Crippen LogP contribution in [0.2, 0.25) is 0 Å². The highest BCUT2D eigenvalue weighted by molar-refractivity contribution is 5.95. The molecule has 1 saturated heterocycles. The van der Waals surface area contributed by atoms with Gasteiger partial charge in [-0.1, -0.05) is 42.3 Å². The van der Waals surface area contributed by atoms with Gasteiger partial charge in [0.2, 0.25) is 12.2 Å². The lowest BCUT2D eigenvalue weighted by Gasteiger charge is -2.25. The number of aryl methyl sites for hydroxylation is 2. The topological polar surface area (TPSA) is 128 Å². The molecule has 1 aliphatic rings. The van der Waals surface area contributed by atoms with E-state index >= 15 is 0 Å². The molecule has 1 fully saturated rings. The molecule has 2 N–H and O–H groups in total. The van der Waals surface area contributed by atoms with Crippen molar-refractivity contribution < 1.29 is 38.5 Å². The van der Waals surface area contributed by atoms with Gasteiger partial charge in [-0.15, -0.1) is 0 Å². The van der Waals surface area contributed by atoms with Crippen LogP contribution in [0.3, 0.4) is 0 Å². The Kier molecular flexibility index (Phi) is 8.01. The third-order valence-electron chi connectivity index (χ3n) is 5.51. The van der Waals surface area contributed by atoms with E-state index in [4.69, 9.17) is 14.2 Å². The molecule has 0 amide bonds. The van der Waals surface area contributed by atoms with E-state index in [1.807, 2.05) is 20.8 Å². The largest absolute Gasteiger partial charge is 0.478 e. The predicted molar refractivity (Wildman–Crippen MR) is 120 cm³/mol. The number of nitrogens with one attached hydrogen (secondary N) is 1. The fourth-order valence-electron chi connectivity index (χ4n) is 3.38. The number of carbonyl (C=O) groups excluding carboxylic acids is 3. The van der Waals surface area contributed by atoms with Crippen LogP contribution < -0.4 is 5.32 Å². The molecule has 34 heavy (non-hydrogen) atoms. The molecule has 2 aromatic rings. The summed E-state index contributed by atoms with van der Waals surface area (Å²) in [4.78, 5) is 50.4. The molecule has 0 bridgehead atoms. The van der Waals surface area contributed by atoms with Crippen LogP contribution in [-0.2, 0) is 23.8 Å². The quantitative estimate of drug-likeness (QED) is 0.442. The Balaban J connectivity index is 1.86. The Hall–Kier alpha value is -3.72. The molecule has 0 unspecified atom stereocenters. The third-order valence-corrected chi connectivity index (χ3v) is 5.51.